The van der Waals surface area contributed by atoms with Gasteiger partial charge in [-0.3, -0.25) is 0 Å². The van der Waals surface area contributed by atoms with Crippen molar-refractivity contribution in [3.05, 3.63) is 0 Å². The van der Waals surface area contributed by atoms with Gasteiger partial charge in [0.2, 0.25) is 0 Å². The van der Waals surface area contributed by atoms with E-state index >= 15 is 0 Å². The van der Waals surface area contributed by atoms with E-state index in [0.29, 0.717) is 6.54 Å². The van der Waals surface area contributed by atoms with Crippen molar-refractivity contribution >= 4 is 37.7 Å². The van der Waals surface area contributed by atoms with Gasteiger partial charge in [-0.15, -0.1) is 0 Å². The SMILES string of the molecule is NCCCO.[Ca]. The third-order valence-electron chi connectivity index (χ3n) is 0.362. The zero-order valence-electron chi connectivity index (χ0n) is 3.85. The van der Waals surface area contributed by atoms with Crippen LogP contribution in [0, 0.1) is 0 Å². The zero-order chi connectivity index (χ0) is 4.12. The molecule has 0 saturated carbocycles. The van der Waals surface area contributed by atoms with Crippen molar-refractivity contribution in [2.75, 3.05) is 13.2 Å². The van der Waals surface area contributed by atoms with Gasteiger partial charge in [0.15, 0.2) is 0 Å². The Labute approximate surface area is 67.7 Å². The van der Waals surface area contributed by atoms with Crippen molar-refractivity contribution in [3.8, 4) is 0 Å². The first kappa shape index (κ1) is 10.2. The molecule has 3 heteroatoms. The molecule has 2 nitrogen and oxygen atoms in total. The van der Waals surface area contributed by atoms with Gasteiger partial charge in [0, 0.05) is 44.3 Å². The maximum Gasteiger partial charge on any atom is 0.0443 e. The quantitative estimate of drug-likeness (QED) is 0.451. The molecule has 6 heavy (non-hydrogen) atoms. The predicted octanol–water partition coefficient (Wildman–Crippen LogP) is -1.05. The molecule has 0 aliphatic rings. The van der Waals surface area contributed by atoms with Crippen LogP contribution in [-0.2, 0) is 0 Å². The zero-order valence-corrected chi connectivity index (χ0v) is 6.06. The largest absolute Gasteiger partial charge is 0.396 e. The van der Waals surface area contributed by atoms with E-state index in [2.05, 4.69) is 0 Å². The van der Waals surface area contributed by atoms with Gasteiger partial charge in [-0.2, -0.15) is 0 Å². The molecular formula is C3H9CaNO. The van der Waals surface area contributed by atoms with Crippen LogP contribution in [0.1, 0.15) is 6.42 Å². The van der Waals surface area contributed by atoms with Gasteiger partial charge in [0.05, 0.1) is 0 Å². The van der Waals surface area contributed by atoms with Crippen molar-refractivity contribution in [1.29, 1.82) is 0 Å². The smallest absolute Gasteiger partial charge is 0.0443 e. The Bertz CT molecular complexity index is 18.3. The molecule has 0 aliphatic heterocycles. The van der Waals surface area contributed by atoms with Crippen molar-refractivity contribution in [2.45, 2.75) is 6.42 Å². The molecule has 0 aromatic heterocycles. The van der Waals surface area contributed by atoms with Crippen LogP contribution < -0.4 is 5.73 Å². The minimum Gasteiger partial charge on any atom is -0.396 e. The number of aliphatic hydroxyl groups excluding tert-OH is 1. The summed E-state index contributed by atoms with van der Waals surface area (Å²) in [6.07, 6.45) is 0.722. The summed E-state index contributed by atoms with van der Waals surface area (Å²) in [4.78, 5) is 0. The maximum absolute atomic E-state index is 7.99. The molecule has 0 fully saturated rings. The Kier molecular flexibility index (Phi) is 16.2. The second-order valence-electron chi connectivity index (χ2n) is 0.866. The van der Waals surface area contributed by atoms with Crippen LogP contribution in [0.3, 0.4) is 0 Å². The molecule has 0 rings (SSSR count). The molecule has 0 heterocycles. The molecule has 3 N–H and O–H groups in total. The van der Waals surface area contributed by atoms with Gasteiger partial charge in [0.25, 0.3) is 0 Å². The Balaban J connectivity index is 0. The molecule has 0 spiro atoms. The number of aliphatic hydroxyl groups is 1. The number of hydrogen-bond donors (Lipinski definition) is 2. The second kappa shape index (κ2) is 9.49. The maximum atomic E-state index is 7.99. The van der Waals surface area contributed by atoms with E-state index in [-0.39, 0.29) is 44.3 Å². The molecule has 2 radical (unpaired) electrons. The fourth-order valence-electron chi connectivity index (χ4n) is 0.0913. The van der Waals surface area contributed by atoms with Gasteiger partial charge in [-0.1, -0.05) is 0 Å². The summed E-state index contributed by atoms with van der Waals surface area (Å²) in [5.41, 5.74) is 4.98. The summed E-state index contributed by atoms with van der Waals surface area (Å²) in [5.74, 6) is 0. The average Bonchev–Trinajstić information content (AvgIpc) is 1.41. The minimum absolute atomic E-state index is 0. The Hall–Kier alpha value is 1.18. The Morgan fingerprint density at radius 2 is 2.00 bits per heavy atom. The summed E-state index contributed by atoms with van der Waals surface area (Å²) < 4.78 is 0. The summed E-state index contributed by atoms with van der Waals surface area (Å²) in [6.45, 7) is 0.812. The molecule has 0 saturated heterocycles. The number of nitrogens with two attached hydrogens (primary N) is 1. The summed E-state index contributed by atoms with van der Waals surface area (Å²) in [5, 5.41) is 7.99. The van der Waals surface area contributed by atoms with Crippen molar-refractivity contribution in [1.82, 2.24) is 0 Å². The van der Waals surface area contributed by atoms with E-state index in [1.54, 1.807) is 0 Å². The number of hydrogen-bond acceptors (Lipinski definition) is 2. The van der Waals surface area contributed by atoms with Gasteiger partial charge < -0.3 is 10.8 Å². The summed E-state index contributed by atoms with van der Waals surface area (Å²) >= 11 is 0. The topological polar surface area (TPSA) is 46.2 Å². The van der Waals surface area contributed by atoms with E-state index in [9.17, 15) is 0 Å². The van der Waals surface area contributed by atoms with Crippen LogP contribution in [0.5, 0.6) is 0 Å². The van der Waals surface area contributed by atoms with Gasteiger partial charge in [-0.05, 0) is 13.0 Å². The van der Waals surface area contributed by atoms with E-state index in [4.69, 9.17) is 10.8 Å². The molecule has 0 aliphatic carbocycles. The standard InChI is InChI=1S/C3H9NO.Ca/c4-2-1-3-5;/h5H,1-4H2;. The molecular weight excluding hydrogens is 106 g/mol. The second-order valence-corrected chi connectivity index (χ2v) is 0.866. The van der Waals surface area contributed by atoms with Crippen molar-refractivity contribution < 1.29 is 5.11 Å². The minimum atomic E-state index is 0. The van der Waals surface area contributed by atoms with Crippen LogP contribution >= 0.6 is 0 Å². The fraction of sp³-hybridized carbons (Fsp3) is 1.00. The molecule has 0 amide bonds. The first-order valence-electron chi connectivity index (χ1n) is 1.72. The van der Waals surface area contributed by atoms with Crippen LogP contribution in [0.2, 0.25) is 0 Å². The fourth-order valence-corrected chi connectivity index (χ4v) is 0.0913. The molecule has 0 unspecified atom stereocenters. The normalized spacial score (nSPS) is 7.00. The van der Waals surface area contributed by atoms with E-state index in [1.165, 1.54) is 0 Å². The molecule has 34 valence electrons. The van der Waals surface area contributed by atoms with E-state index in [1.807, 2.05) is 0 Å². The van der Waals surface area contributed by atoms with Crippen molar-refractivity contribution in [2.24, 2.45) is 5.73 Å². The summed E-state index contributed by atoms with van der Waals surface area (Å²) in [7, 11) is 0. The molecule has 0 bridgehead atoms. The van der Waals surface area contributed by atoms with E-state index < -0.39 is 0 Å². The first-order valence-corrected chi connectivity index (χ1v) is 1.72. The van der Waals surface area contributed by atoms with Crippen LogP contribution in [0.15, 0.2) is 0 Å². The number of rotatable bonds is 2. The summed E-state index contributed by atoms with van der Waals surface area (Å²) in [6, 6.07) is 0. The average molecular weight is 115 g/mol. The molecule has 0 aromatic carbocycles. The van der Waals surface area contributed by atoms with Gasteiger partial charge >= 0.3 is 0 Å². The van der Waals surface area contributed by atoms with Crippen LogP contribution in [0.25, 0.3) is 0 Å². The molecule has 0 atom stereocenters. The third kappa shape index (κ3) is 8.95. The van der Waals surface area contributed by atoms with Crippen LogP contribution in [-0.4, -0.2) is 56.0 Å². The molecule has 0 aromatic rings. The van der Waals surface area contributed by atoms with Crippen molar-refractivity contribution in [3.63, 3.8) is 0 Å². The Morgan fingerprint density at radius 1 is 1.50 bits per heavy atom. The van der Waals surface area contributed by atoms with Crippen LogP contribution in [0.4, 0.5) is 0 Å². The van der Waals surface area contributed by atoms with Gasteiger partial charge in [-0.25, -0.2) is 0 Å². The monoisotopic (exact) mass is 115 g/mol. The predicted molar refractivity (Wildman–Crippen MR) is 26.5 cm³/mol. The van der Waals surface area contributed by atoms with E-state index in [0.717, 1.165) is 6.42 Å². The van der Waals surface area contributed by atoms with Gasteiger partial charge in [0.1, 0.15) is 0 Å². The first-order chi connectivity index (χ1) is 2.41. The Morgan fingerprint density at radius 3 is 2.00 bits per heavy atom. The third-order valence-corrected chi connectivity index (χ3v) is 0.362.